The SMILES string of the molecule is CCc1nnc(NC(=O)c2ccc(S(=O)(=O)N3C[C@@H](C)O[C@@H](C)C3)cc2)o1. The van der Waals surface area contributed by atoms with Crippen LogP contribution in [0.5, 0.6) is 0 Å². The molecule has 2 atom stereocenters. The summed E-state index contributed by atoms with van der Waals surface area (Å²) >= 11 is 0. The number of ether oxygens (including phenoxy) is 1. The number of benzene rings is 1. The van der Waals surface area contributed by atoms with Gasteiger partial charge in [-0.1, -0.05) is 12.0 Å². The second-order valence-corrected chi connectivity index (χ2v) is 8.35. The van der Waals surface area contributed by atoms with Crippen LogP contribution in [0.2, 0.25) is 0 Å². The summed E-state index contributed by atoms with van der Waals surface area (Å²) in [7, 11) is -3.65. The third-order valence-electron chi connectivity index (χ3n) is 4.13. The van der Waals surface area contributed by atoms with Crippen molar-refractivity contribution in [2.75, 3.05) is 18.4 Å². The lowest BCUT2D eigenvalue weighted by Crippen LogP contribution is -2.48. The molecule has 2 aromatic rings. The van der Waals surface area contributed by atoms with Crippen LogP contribution >= 0.6 is 0 Å². The van der Waals surface area contributed by atoms with E-state index in [0.29, 0.717) is 25.4 Å². The number of nitrogens with one attached hydrogen (secondary N) is 1. The van der Waals surface area contributed by atoms with Gasteiger partial charge in [-0.2, -0.15) is 4.31 Å². The molecule has 9 nitrogen and oxygen atoms in total. The molecular formula is C17H22N4O5S. The molecule has 1 aliphatic heterocycles. The average molecular weight is 394 g/mol. The van der Waals surface area contributed by atoms with Crippen molar-refractivity contribution >= 4 is 21.9 Å². The molecule has 1 aliphatic rings. The minimum absolute atomic E-state index is 0.00448. The Morgan fingerprint density at radius 3 is 2.37 bits per heavy atom. The van der Waals surface area contributed by atoms with Gasteiger partial charge in [0.15, 0.2) is 0 Å². The Morgan fingerprint density at radius 1 is 1.19 bits per heavy atom. The molecular weight excluding hydrogens is 372 g/mol. The maximum absolute atomic E-state index is 12.8. The Morgan fingerprint density at radius 2 is 1.81 bits per heavy atom. The van der Waals surface area contributed by atoms with Crippen LogP contribution in [-0.2, 0) is 21.2 Å². The number of sulfonamides is 1. The number of hydrogen-bond donors (Lipinski definition) is 1. The average Bonchev–Trinajstić information content (AvgIpc) is 3.08. The number of rotatable bonds is 5. The lowest BCUT2D eigenvalue weighted by Gasteiger charge is -2.34. The highest BCUT2D eigenvalue weighted by Gasteiger charge is 2.32. The summed E-state index contributed by atoms with van der Waals surface area (Å²) in [5, 5.41) is 9.98. The topological polar surface area (TPSA) is 115 Å². The fourth-order valence-electron chi connectivity index (χ4n) is 2.87. The van der Waals surface area contributed by atoms with E-state index in [0.717, 1.165) is 0 Å². The largest absolute Gasteiger partial charge is 0.408 e. The number of morpholine rings is 1. The minimum atomic E-state index is -3.65. The third-order valence-corrected chi connectivity index (χ3v) is 5.98. The second-order valence-electron chi connectivity index (χ2n) is 6.41. The van der Waals surface area contributed by atoms with E-state index in [9.17, 15) is 13.2 Å². The van der Waals surface area contributed by atoms with Crippen LogP contribution in [0.25, 0.3) is 0 Å². The summed E-state index contributed by atoms with van der Waals surface area (Å²) in [4.78, 5) is 12.4. The predicted molar refractivity (Wildman–Crippen MR) is 96.8 cm³/mol. The van der Waals surface area contributed by atoms with E-state index in [1.165, 1.54) is 28.6 Å². The van der Waals surface area contributed by atoms with Gasteiger partial charge in [0.25, 0.3) is 5.91 Å². The van der Waals surface area contributed by atoms with Gasteiger partial charge in [0, 0.05) is 25.1 Å². The standard InChI is InChI=1S/C17H22N4O5S/c1-4-15-19-20-17(26-15)18-16(22)13-5-7-14(8-6-13)27(23,24)21-9-11(2)25-12(3)10-21/h5-8,11-12H,4,9-10H2,1-3H3,(H,18,20,22)/t11-,12+. The molecule has 0 bridgehead atoms. The van der Waals surface area contributed by atoms with E-state index in [1.807, 2.05) is 20.8 Å². The van der Waals surface area contributed by atoms with Gasteiger partial charge >= 0.3 is 6.01 Å². The molecule has 1 fully saturated rings. The summed E-state index contributed by atoms with van der Waals surface area (Å²) in [6.45, 7) is 6.13. The van der Waals surface area contributed by atoms with Crippen molar-refractivity contribution in [3.05, 3.63) is 35.7 Å². The van der Waals surface area contributed by atoms with Gasteiger partial charge in [-0.25, -0.2) is 8.42 Å². The number of hydrogen-bond acceptors (Lipinski definition) is 7. The minimum Gasteiger partial charge on any atom is -0.408 e. The smallest absolute Gasteiger partial charge is 0.322 e. The number of carbonyl (C=O) groups excluding carboxylic acids is 1. The highest BCUT2D eigenvalue weighted by molar-refractivity contribution is 7.89. The third kappa shape index (κ3) is 4.34. The van der Waals surface area contributed by atoms with E-state index >= 15 is 0 Å². The van der Waals surface area contributed by atoms with Gasteiger partial charge in [0.1, 0.15) is 0 Å². The van der Waals surface area contributed by atoms with Crippen molar-refractivity contribution in [3.8, 4) is 0 Å². The van der Waals surface area contributed by atoms with Crippen LogP contribution in [0.15, 0.2) is 33.6 Å². The normalized spacial score (nSPS) is 21.1. The Labute approximate surface area is 157 Å². The van der Waals surface area contributed by atoms with Crippen molar-refractivity contribution in [1.29, 1.82) is 0 Å². The Kier molecular flexibility index (Phi) is 5.59. The zero-order chi connectivity index (χ0) is 19.6. The molecule has 1 aromatic carbocycles. The molecule has 1 saturated heterocycles. The molecule has 27 heavy (non-hydrogen) atoms. The van der Waals surface area contributed by atoms with Crippen molar-refractivity contribution in [3.63, 3.8) is 0 Å². The first-order chi connectivity index (χ1) is 12.8. The molecule has 0 radical (unpaired) electrons. The lowest BCUT2D eigenvalue weighted by atomic mass is 10.2. The first-order valence-electron chi connectivity index (χ1n) is 8.69. The molecule has 0 aliphatic carbocycles. The molecule has 0 unspecified atom stereocenters. The van der Waals surface area contributed by atoms with E-state index in [4.69, 9.17) is 9.15 Å². The fraction of sp³-hybridized carbons (Fsp3) is 0.471. The van der Waals surface area contributed by atoms with Crippen LogP contribution in [0.3, 0.4) is 0 Å². The molecule has 3 rings (SSSR count). The van der Waals surface area contributed by atoms with Crippen LogP contribution in [0.4, 0.5) is 6.01 Å². The number of aryl methyl sites for hydroxylation is 1. The van der Waals surface area contributed by atoms with Crippen molar-refractivity contribution in [2.24, 2.45) is 0 Å². The Balaban J connectivity index is 1.73. The van der Waals surface area contributed by atoms with E-state index in [2.05, 4.69) is 15.5 Å². The van der Waals surface area contributed by atoms with Crippen molar-refractivity contribution in [1.82, 2.24) is 14.5 Å². The van der Waals surface area contributed by atoms with Gasteiger partial charge in [-0.15, -0.1) is 5.10 Å². The number of aromatic nitrogens is 2. The van der Waals surface area contributed by atoms with E-state index in [-0.39, 0.29) is 28.7 Å². The van der Waals surface area contributed by atoms with Gasteiger partial charge in [-0.3, -0.25) is 10.1 Å². The monoisotopic (exact) mass is 394 g/mol. The van der Waals surface area contributed by atoms with Gasteiger partial charge in [-0.05, 0) is 38.1 Å². The van der Waals surface area contributed by atoms with Crippen LogP contribution in [-0.4, -0.2) is 54.1 Å². The summed E-state index contributed by atoms with van der Waals surface area (Å²) in [6.07, 6.45) is 0.223. The Bertz CT molecular complexity index is 900. The first-order valence-corrected chi connectivity index (χ1v) is 10.1. The van der Waals surface area contributed by atoms with Crippen molar-refractivity contribution < 1.29 is 22.4 Å². The van der Waals surface area contributed by atoms with Gasteiger partial charge in [0.05, 0.1) is 17.1 Å². The van der Waals surface area contributed by atoms with Crippen LogP contribution in [0, 0.1) is 0 Å². The summed E-state index contributed by atoms with van der Waals surface area (Å²) in [6, 6.07) is 5.74. The molecule has 2 heterocycles. The lowest BCUT2D eigenvalue weighted by molar-refractivity contribution is -0.0440. The summed E-state index contributed by atoms with van der Waals surface area (Å²) in [5.41, 5.74) is 0.286. The predicted octanol–water partition coefficient (Wildman–Crippen LogP) is 1.68. The highest BCUT2D eigenvalue weighted by atomic mass is 32.2. The maximum atomic E-state index is 12.8. The zero-order valence-electron chi connectivity index (χ0n) is 15.4. The second kappa shape index (κ2) is 7.75. The first kappa shape index (κ1) is 19.5. The van der Waals surface area contributed by atoms with Gasteiger partial charge in [0.2, 0.25) is 15.9 Å². The summed E-state index contributed by atoms with van der Waals surface area (Å²) < 4.78 is 37.9. The number of nitrogens with zero attached hydrogens (tertiary/aromatic N) is 3. The molecule has 0 saturated carbocycles. The zero-order valence-corrected chi connectivity index (χ0v) is 16.2. The molecule has 10 heteroatoms. The quantitative estimate of drug-likeness (QED) is 0.820. The van der Waals surface area contributed by atoms with Gasteiger partial charge < -0.3 is 9.15 Å². The number of carbonyl (C=O) groups is 1. The molecule has 0 spiro atoms. The Hall–Kier alpha value is -2.30. The fourth-order valence-corrected chi connectivity index (χ4v) is 4.46. The number of amides is 1. The molecule has 1 aromatic heterocycles. The molecule has 146 valence electrons. The van der Waals surface area contributed by atoms with E-state index < -0.39 is 15.9 Å². The van der Waals surface area contributed by atoms with Crippen LogP contribution < -0.4 is 5.32 Å². The van der Waals surface area contributed by atoms with Crippen LogP contribution in [0.1, 0.15) is 37.0 Å². The molecule has 1 N–H and O–H groups in total. The maximum Gasteiger partial charge on any atom is 0.322 e. The number of anilines is 1. The summed E-state index contributed by atoms with van der Waals surface area (Å²) in [5.74, 6) is -0.0421. The van der Waals surface area contributed by atoms with Crippen molar-refractivity contribution in [2.45, 2.75) is 44.3 Å². The van der Waals surface area contributed by atoms with E-state index in [1.54, 1.807) is 0 Å². The molecule has 1 amide bonds. The highest BCUT2D eigenvalue weighted by Crippen LogP contribution is 2.21.